The van der Waals surface area contributed by atoms with Crippen LogP contribution in [0, 0.1) is 0 Å². The van der Waals surface area contributed by atoms with Gasteiger partial charge in [-0.3, -0.25) is 9.69 Å². The highest BCUT2D eigenvalue weighted by Crippen LogP contribution is 2.41. The van der Waals surface area contributed by atoms with E-state index >= 15 is 0 Å². The van der Waals surface area contributed by atoms with Crippen LogP contribution in [0.1, 0.15) is 12.8 Å². The third kappa shape index (κ3) is 9.27. The number of methoxy groups -OCH3 is 1. The SMILES string of the molecule is COc1cc(N2CCC(N3CCNCC3)CC2)c(NC(=O)/C=C/CN(C)C)cc1Nc1ncc(Cl)c(Nc2ccccc2P(C)(C)=O)n1. The van der Waals surface area contributed by atoms with Crippen LogP contribution in [0.3, 0.4) is 0 Å². The summed E-state index contributed by atoms with van der Waals surface area (Å²) in [6, 6.07) is 11.8. The zero-order valence-electron chi connectivity index (χ0n) is 28.4. The fraction of sp³-hybridized carbons (Fsp3) is 0.441. The summed E-state index contributed by atoms with van der Waals surface area (Å²) in [6.45, 7) is 10.0. The molecule has 0 bridgehead atoms. The summed E-state index contributed by atoms with van der Waals surface area (Å²) in [5, 5.41) is 14.1. The number of amides is 1. The lowest BCUT2D eigenvalue weighted by atomic mass is 10.0. The zero-order valence-corrected chi connectivity index (χ0v) is 30.1. The lowest BCUT2D eigenvalue weighted by molar-refractivity contribution is -0.111. The molecule has 12 nitrogen and oxygen atoms in total. The number of carbonyl (C=O) groups is 1. The monoisotopic (exact) mass is 695 g/mol. The molecule has 0 aliphatic carbocycles. The van der Waals surface area contributed by atoms with Gasteiger partial charge in [0.15, 0.2) is 5.82 Å². The Morgan fingerprint density at radius 3 is 2.50 bits per heavy atom. The zero-order chi connectivity index (χ0) is 34.3. The van der Waals surface area contributed by atoms with Gasteiger partial charge in [-0.15, -0.1) is 0 Å². The van der Waals surface area contributed by atoms with Crippen molar-refractivity contribution in [1.82, 2.24) is 25.1 Å². The number of piperazine rings is 1. The summed E-state index contributed by atoms with van der Waals surface area (Å²) in [7, 11) is 2.95. The van der Waals surface area contributed by atoms with Crippen LogP contribution in [0.25, 0.3) is 0 Å². The molecule has 1 aromatic heterocycles. The van der Waals surface area contributed by atoms with Gasteiger partial charge in [-0.2, -0.15) is 4.98 Å². The van der Waals surface area contributed by atoms with Gasteiger partial charge in [-0.25, -0.2) is 4.98 Å². The van der Waals surface area contributed by atoms with E-state index in [0.717, 1.165) is 57.8 Å². The van der Waals surface area contributed by atoms with Gasteiger partial charge in [-0.1, -0.05) is 29.8 Å². The number of rotatable bonds is 12. The summed E-state index contributed by atoms with van der Waals surface area (Å²) in [4.78, 5) is 29.1. The number of nitrogens with one attached hydrogen (secondary N) is 4. The molecule has 3 heterocycles. The lowest BCUT2D eigenvalue weighted by Gasteiger charge is -2.41. The Morgan fingerprint density at radius 1 is 1.08 bits per heavy atom. The number of para-hydroxylation sites is 1. The first-order valence-electron chi connectivity index (χ1n) is 16.3. The third-order valence-electron chi connectivity index (χ3n) is 8.52. The molecular formula is C34H47ClN9O3P. The smallest absolute Gasteiger partial charge is 0.248 e. The number of ether oxygens (including phenoxy) is 1. The summed E-state index contributed by atoms with van der Waals surface area (Å²) >= 11 is 6.51. The second-order valence-corrected chi connectivity index (χ2v) is 16.3. The van der Waals surface area contributed by atoms with Gasteiger partial charge < -0.3 is 40.4 Å². The first-order chi connectivity index (χ1) is 23.0. The predicted octanol–water partition coefficient (Wildman–Crippen LogP) is 4.80. The molecule has 0 radical (unpaired) electrons. The number of piperidine rings is 1. The van der Waals surface area contributed by atoms with E-state index in [9.17, 15) is 9.36 Å². The van der Waals surface area contributed by atoms with Crippen molar-refractivity contribution in [3.05, 3.63) is 59.8 Å². The van der Waals surface area contributed by atoms with Crippen LogP contribution in [0.5, 0.6) is 5.75 Å². The van der Waals surface area contributed by atoms with E-state index in [1.165, 1.54) is 6.20 Å². The summed E-state index contributed by atoms with van der Waals surface area (Å²) in [6.07, 6.45) is 6.98. The number of nitrogens with zero attached hydrogens (tertiary/aromatic N) is 5. The van der Waals surface area contributed by atoms with Crippen LogP contribution < -0.4 is 36.2 Å². The molecule has 4 N–H and O–H groups in total. The molecule has 5 rings (SSSR count). The standard InChI is InChI=1S/C34H47ClN9O3P/c1-42(2)16-8-11-32(45)38-27-21-28(30(47-3)22-29(27)44-17-12-24(13-18-44)43-19-14-36-15-20-43)40-34-37-23-25(35)33(41-34)39-26-9-6-7-10-31(26)48(4,5)46/h6-11,21-24,36H,12-20H2,1-5H3,(H,38,45)(H2,37,39,40,41)/b11-8+. The van der Waals surface area contributed by atoms with Gasteiger partial charge in [0.05, 0.1) is 36.1 Å². The van der Waals surface area contributed by atoms with Crippen LogP contribution >= 0.6 is 18.7 Å². The number of likely N-dealkylation sites (N-methyl/N-ethyl adjacent to an activating group) is 1. The Kier molecular flexibility index (Phi) is 12.0. The lowest BCUT2D eigenvalue weighted by Crippen LogP contribution is -2.52. The van der Waals surface area contributed by atoms with Crippen molar-refractivity contribution >= 4 is 64.5 Å². The minimum Gasteiger partial charge on any atom is -0.494 e. The molecule has 2 fully saturated rings. The number of halogens is 1. The molecule has 0 atom stereocenters. The molecule has 0 spiro atoms. The highest BCUT2D eigenvalue weighted by atomic mass is 35.5. The number of carbonyl (C=O) groups excluding carboxylic acids is 1. The Balaban J connectivity index is 1.42. The van der Waals surface area contributed by atoms with Crippen molar-refractivity contribution in [3.63, 3.8) is 0 Å². The Hall–Kier alpha value is -3.67. The number of benzene rings is 2. The average Bonchev–Trinajstić information content (AvgIpc) is 3.06. The van der Waals surface area contributed by atoms with Gasteiger partial charge in [0.1, 0.15) is 17.9 Å². The quantitative estimate of drug-likeness (QED) is 0.154. The molecular weight excluding hydrogens is 649 g/mol. The number of aromatic nitrogens is 2. The largest absolute Gasteiger partial charge is 0.494 e. The average molecular weight is 696 g/mol. The van der Waals surface area contributed by atoms with Crippen molar-refractivity contribution in [1.29, 1.82) is 0 Å². The second-order valence-electron chi connectivity index (χ2n) is 12.7. The second kappa shape index (κ2) is 16.2. The van der Waals surface area contributed by atoms with E-state index in [1.54, 1.807) is 26.5 Å². The van der Waals surface area contributed by atoms with Crippen molar-refractivity contribution in [3.8, 4) is 5.75 Å². The maximum Gasteiger partial charge on any atom is 0.248 e. The molecule has 0 unspecified atom stereocenters. The first kappa shape index (κ1) is 35.6. The van der Waals surface area contributed by atoms with E-state index in [4.69, 9.17) is 16.3 Å². The van der Waals surface area contributed by atoms with Crippen LogP contribution in [0.2, 0.25) is 5.02 Å². The summed E-state index contributed by atoms with van der Waals surface area (Å²) < 4.78 is 18.8. The minimum absolute atomic E-state index is 0.220. The van der Waals surface area contributed by atoms with Gasteiger partial charge in [0.25, 0.3) is 0 Å². The van der Waals surface area contributed by atoms with Crippen LogP contribution in [0.15, 0.2) is 54.7 Å². The molecule has 2 saturated heterocycles. The van der Waals surface area contributed by atoms with Crippen molar-refractivity contribution in [2.75, 3.05) is 101 Å². The van der Waals surface area contributed by atoms with Crippen molar-refractivity contribution < 1.29 is 14.1 Å². The normalized spacial score (nSPS) is 16.4. The maximum atomic E-state index is 13.1. The van der Waals surface area contributed by atoms with E-state index in [2.05, 4.69) is 41.0 Å². The molecule has 2 aliphatic heterocycles. The number of anilines is 6. The highest BCUT2D eigenvalue weighted by Gasteiger charge is 2.28. The van der Waals surface area contributed by atoms with Crippen molar-refractivity contribution in [2.24, 2.45) is 0 Å². The summed E-state index contributed by atoms with van der Waals surface area (Å²) in [5.74, 6) is 0.979. The first-order valence-corrected chi connectivity index (χ1v) is 19.2. The van der Waals surface area contributed by atoms with E-state index in [1.807, 2.05) is 61.5 Å². The number of hydrogen-bond donors (Lipinski definition) is 4. The Bertz CT molecular complexity index is 1650. The van der Waals surface area contributed by atoms with Gasteiger partial charge in [0.2, 0.25) is 11.9 Å². The third-order valence-corrected chi connectivity index (χ3v) is 10.3. The maximum absolute atomic E-state index is 13.1. The number of hydrogen-bond acceptors (Lipinski definition) is 11. The van der Waals surface area contributed by atoms with Crippen LogP contribution in [-0.2, 0) is 9.36 Å². The molecule has 258 valence electrons. The van der Waals surface area contributed by atoms with Gasteiger partial charge >= 0.3 is 0 Å². The van der Waals surface area contributed by atoms with Gasteiger partial charge in [-0.05, 0) is 58.5 Å². The van der Waals surface area contributed by atoms with E-state index in [-0.39, 0.29) is 11.9 Å². The molecule has 0 saturated carbocycles. The fourth-order valence-corrected chi connectivity index (χ4v) is 7.37. The predicted molar refractivity (Wildman–Crippen MR) is 198 cm³/mol. The fourth-order valence-electron chi connectivity index (χ4n) is 6.07. The van der Waals surface area contributed by atoms with Crippen LogP contribution in [0.4, 0.5) is 34.5 Å². The molecule has 3 aromatic rings. The Morgan fingerprint density at radius 2 is 1.81 bits per heavy atom. The molecule has 2 aromatic carbocycles. The van der Waals surface area contributed by atoms with Crippen molar-refractivity contribution in [2.45, 2.75) is 18.9 Å². The molecule has 1 amide bonds. The molecule has 2 aliphatic rings. The molecule has 48 heavy (non-hydrogen) atoms. The minimum atomic E-state index is -2.57. The highest BCUT2D eigenvalue weighted by molar-refractivity contribution is 7.70. The van der Waals surface area contributed by atoms with Crippen LogP contribution in [-0.4, -0.2) is 112 Å². The topological polar surface area (TPSA) is 127 Å². The van der Waals surface area contributed by atoms with E-state index < -0.39 is 7.14 Å². The molecule has 14 heteroatoms. The van der Waals surface area contributed by atoms with Gasteiger partial charge in [0, 0.05) is 69.3 Å². The summed E-state index contributed by atoms with van der Waals surface area (Å²) in [5.41, 5.74) is 2.78. The van der Waals surface area contributed by atoms with E-state index in [0.29, 0.717) is 51.5 Å². The Labute approximate surface area is 288 Å².